The third kappa shape index (κ3) is 5.46. The maximum Gasteiger partial charge on any atom is 0.269 e. The van der Waals surface area contributed by atoms with E-state index >= 15 is 0 Å². The van der Waals surface area contributed by atoms with Gasteiger partial charge in [0.25, 0.3) is 11.5 Å². The Morgan fingerprint density at radius 3 is 2.67 bits per heavy atom. The monoisotopic (exact) mass is 451 g/mol. The first kappa shape index (κ1) is 23.1. The first-order chi connectivity index (χ1) is 15.9. The van der Waals surface area contributed by atoms with Crippen LogP contribution in [0.2, 0.25) is 0 Å². The molecule has 7 nitrogen and oxygen atoms in total. The molecular weight excluding hydrogens is 421 g/mol. The number of piperidine rings is 1. The minimum atomic E-state index is -0.192. The molecule has 1 amide bonds. The van der Waals surface area contributed by atoms with Crippen molar-refractivity contribution >= 4 is 16.9 Å². The molecule has 0 radical (unpaired) electrons. The van der Waals surface area contributed by atoms with Crippen molar-refractivity contribution in [1.82, 2.24) is 25.1 Å². The second-order valence-electron chi connectivity index (χ2n) is 8.61. The van der Waals surface area contributed by atoms with E-state index in [1.54, 1.807) is 42.8 Å². The number of nitrogens with one attached hydrogen (secondary N) is 2. The molecule has 1 fully saturated rings. The van der Waals surface area contributed by atoms with Gasteiger partial charge in [-0.15, -0.1) is 0 Å². The van der Waals surface area contributed by atoms with Gasteiger partial charge < -0.3 is 20.1 Å². The van der Waals surface area contributed by atoms with Gasteiger partial charge in [0.1, 0.15) is 5.82 Å². The Morgan fingerprint density at radius 2 is 1.94 bits per heavy atom. The number of likely N-dealkylation sites (tertiary alicyclic amines) is 1. The zero-order chi connectivity index (χ0) is 23.4. The van der Waals surface area contributed by atoms with Gasteiger partial charge in [-0.3, -0.25) is 9.59 Å². The number of carbonyl (C=O) groups is 1. The molecule has 0 saturated carbocycles. The van der Waals surface area contributed by atoms with Crippen molar-refractivity contribution in [3.63, 3.8) is 0 Å². The van der Waals surface area contributed by atoms with E-state index in [4.69, 9.17) is 0 Å². The van der Waals surface area contributed by atoms with Crippen LogP contribution in [0.5, 0.6) is 0 Å². The fourth-order valence-electron chi connectivity index (χ4n) is 4.29. The summed E-state index contributed by atoms with van der Waals surface area (Å²) in [5, 5.41) is 6.15. The first-order valence-electron chi connectivity index (χ1n) is 11.4. The number of benzene rings is 2. The molecule has 1 saturated heterocycles. The molecule has 1 aliphatic heterocycles. The van der Waals surface area contributed by atoms with Crippen molar-refractivity contribution < 1.29 is 9.18 Å². The molecule has 1 aliphatic rings. The second-order valence-corrected chi connectivity index (χ2v) is 8.61. The number of aryl methyl sites for hydroxylation is 1. The van der Waals surface area contributed by atoms with Gasteiger partial charge in [-0.1, -0.05) is 12.1 Å². The average Bonchev–Trinajstić information content (AvgIpc) is 2.84. The fraction of sp³-hybridized carbons (Fsp3) is 0.400. The van der Waals surface area contributed by atoms with Crippen molar-refractivity contribution in [1.29, 1.82) is 0 Å². The number of aromatic nitrogens is 2. The van der Waals surface area contributed by atoms with Crippen molar-refractivity contribution in [2.24, 2.45) is 0 Å². The number of rotatable bonds is 7. The van der Waals surface area contributed by atoms with Gasteiger partial charge in [0.05, 0.1) is 17.2 Å². The summed E-state index contributed by atoms with van der Waals surface area (Å²) in [6.45, 7) is 5.58. The third-order valence-corrected chi connectivity index (χ3v) is 6.39. The normalized spacial score (nSPS) is 15.1. The van der Waals surface area contributed by atoms with Crippen LogP contribution in [0.25, 0.3) is 11.0 Å². The quantitative estimate of drug-likeness (QED) is 0.577. The van der Waals surface area contributed by atoms with Crippen LogP contribution in [0.3, 0.4) is 0 Å². The molecular formula is C25H30FN5O2. The van der Waals surface area contributed by atoms with Crippen LogP contribution in [-0.2, 0) is 13.1 Å². The van der Waals surface area contributed by atoms with E-state index in [1.807, 2.05) is 12.1 Å². The van der Waals surface area contributed by atoms with Crippen molar-refractivity contribution in [3.05, 3.63) is 75.5 Å². The van der Waals surface area contributed by atoms with Crippen molar-refractivity contribution in [2.45, 2.75) is 38.9 Å². The largest absolute Gasteiger partial charge is 0.355 e. The Hall–Kier alpha value is -3.10. The van der Waals surface area contributed by atoms with Crippen molar-refractivity contribution in [2.75, 3.05) is 26.7 Å². The first-order valence-corrected chi connectivity index (χ1v) is 11.4. The zero-order valence-electron chi connectivity index (χ0n) is 19.1. The van der Waals surface area contributed by atoms with E-state index in [-0.39, 0.29) is 17.3 Å². The minimum Gasteiger partial charge on any atom is -0.355 e. The number of nitrogens with zero attached hydrogens (tertiary/aromatic N) is 3. The van der Waals surface area contributed by atoms with Gasteiger partial charge in [-0.05, 0) is 68.2 Å². The Balaban J connectivity index is 1.34. The van der Waals surface area contributed by atoms with Gasteiger partial charge in [0.15, 0.2) is 0 Å². The van der Waals surface area contributed by atoms with E-state index in [0.717, 1.165) is 38.0 Å². The fourth-order valence-corrected chi connectivity index (χ4v) is 4.29. The highest BCUT2D eigenvalue weighted by molar-refractivity contribution is 5.97. The van der Waals surface area contributed by atoms with Crippen molar-refractivity contribution in [3.8, 4) is 0 Å². The summed E-state index contributed by atoms with van der Waals surface area (Å²) < 4.78 is 15.4. The van der Waals surface area contributed by atoms with Crippen LogP contribution in [0.15, 0.2) is 47.4 Å². The Morgan fingerprint density at radius 1 is 1.15 bits per heavy atom. The molecule has 33 heavy (non-hydrogen) atoms. The predicted molar refractivity (Wildman–Crippen MR) is 127 cm³/mol. The molecule has 0 unspecified atom stereocenters. The summed E-state index contributed by atoms with van der Waals surface area (Å²) in [6, 6.07) is 11.0. The molecule has 2 N–H and O–H groups in total. The summed E-state index contributed by atoms with van der Waals surface area (Å²) in [5.74, 6) is -0.354. The maximum atomic E-state index is 13.7. The lowest BCUT2D eigenvalue weighted by Gasteiger charge is -2.32. The highest BCUT2D eigenvalue weighted by Crippen LogP contribution is 2.15. The standard InChI is InChI=1S/C25H30FN5O2/c1-17-3-4-18(13-21(17)26)15-28-20-7-9-30(10-8-20)11-12-31-23-14-19(25(33)27-2)5-6-22(23)29-16-24(31)32/h3-6,13-14,16,20,28H,7-12,15H2,1-2H3,(H,27,33). The number of fused-ring (bicyclic) bond motifs is 1. The molecule has 0 spiro atoms. The number of hydrogen-bond acceptors (Lipinski definition) is 5. The van der Waals surface area contributed by atoms with Gasteiger partial charge in [0.2, 0.25) is 0 Å². The van der Waals surface area contributed by atoms with E-state index in [0.29, 0.717) is 41.3 Å². The Bertz CT molecular complexity index is 1200. The van der Waals surface area contributed by atoms with Gasteiger partial charge in [-0.2, -0.15) is 0 Å². The summed E-state index contributed by atoms with van der Waals surface area (Å²) >= 11 is 0. The molecule has 0 bridgehead atoms. The Kier molecular flexibility index (Phi) is 7.15. The second kappa shape index (κ2) is 10.2. The SMILES string of the molecule is CNC(=O)c1ccc2ncc(=O)n(CCN3CCC(NCc4ccc(C)c(F)c4)CC3)c2c1. The van der Waals surface area contributed by atoms with Crippen LogP contribution < -0.4 is 16.2 Å². The lowest BCUT2D eigenvalue weighted by Crippen LogP contribution is -2.43. The number of halogens is 1. The lowest BCUT2D eigenvalue weighted by atomic mass is 10.0. The number of carbonyl (C=O) groups excluding carboxylic acids is 1. The number of amides is 1. The molecule has 2 heterocycles. The van der Waals surface area contributed by atoms with E-state index in [9.17, 15) is 14.0 Å². The van der Waals surface area contributed by atoms with Gasteiger partial charge in [-0.25, -0.2) is 9.37 Å². The summed E-state index contributed by atoms with van der Waals surface area (Å²) in [6.07, 6.45) is 3.34. The maximum absolute atomic E-state index is 13.7. The molecule has 4 rings (SSSR count). The zero-order valence-corrected chi connectivity index (χ0v) is 19.1. The molecule has 0 aliphatic carbocycles. The Labute approximate surface area is 192 Å². The minimum absolute atomic E-state index is 0.162. The highest BCUT2D eigenvalue weighted by atomic mass is 19.1. The lowest BCUT2D eigenvalue weighted by molar-refractivity contribution is 0.0963. The molecule has 3 aromatic rings. The highest BCUT2D eigenvalue weighted by Gasteiger charge is 2.19. The smallest absolute Gasteiger partial charge is 0.269 e. The molecule has 2 aromatic carbocycles. The summed E-state index contributed by atoms with van der Waals surface area (Å²) in [5.41, 5.74) is 3.33. The summed E-state index contributed by atoms with van der Waals surface area (Å²) in [7, 11) is 1.58. The molecule has 174 valence electrons. The van der Waals surface area contributed by atoms with E-state index in [2.05, 4.69) is 20.5 Å². The molecule has 1 aromatic heterocycles. The van der Waals surface area contributed by atoms with Gasteiger partial charge in [0, 0.05) is 38.3 Å². The predicted octanol–water partition coefficient (Wildman–Crippen LogP) is 2.46. The van der Waals surface area contributed by atoms with E-state index in [1.165, 1.54) is 6.20 Å². The molecule has 8 heteroatoms. The average molecular weight is 452 g/mol. The van der Waals surface area contributed by atoms with Crippen LogP contribution in [-0.4, -0.2) is 53.1 Å². The van der Waals surface area contributed by atoms with Gasteiger partial charge >= 0.3 is 0 Å². The van der Waals surface area contributed by atoms with E-state index < -0.39 is 0 Å². The van der Waals surface area contributed by atoms with Crippen LogP contribution in [0.4, 0.5) is 4.39 Å². The third-order valence-electron chi connectivity index (χ3n) is 6.39. The topological polar surface area (TPSA) is 79.3 Å². The van der Waals surface area contributed by atoms with Crippen LogP contribution in [0, 0.1) is 12.7 Å². The van der Waals surface area contributed by atoms with Crippen LogP contribution in [0.1, 0.15) is 34.3 Å². The number of hydrogen-bond donors (Lipinski definition) is 2. The summed E-state index contributed by atoms with van der Waals surface area (Å²) in [4.78, 5) is 31.1. The molecule has 0 atom stereocenters. The van der Waals surface area contributed by atoms with Crippen LogP contribution >= 0.6 is 0 Å².